The van der Waals surface area contributed by atoms with Gasteiger partial charge in [0.05, 0.1) is 11.5 Å². The fraction of sp³-hybridized carbons (Fsp3) is 0.917. The van der Waals surface area contributed by atoms with Crippen LogP contribution in [-0.4, -0.2) is 50.2 Å². The van der Waals surface area contributed by atoms with Crippen LogP contribution in [-0.2, 0) is 14.6 Å². The molecule has 1 fully saturated rings. The Balaban J connectivity index is 2.66. The summed E-state index contributed by atoms with van der Waals surface area (Å²) in [4.78, 5) is 13.3. The van der Waals surface area contributed by atoms with Crippen molar-refractivity contribution in [2.24, 2.45) is 5.41 Å². The van der Waals surface area contributed by atoms with E-state index in [-0.39, 0.29) is 23.0 Å². The molecule has 0 spiro atoms. The second-order valence-corrected chi connectivity index (χ2v) is 7.68. The lowest BCUT2D eigenvalue weighted by molar-refractivity contribution is -0.117. The van der Waals surface area contributed by atoms with Crippen LogP contribution in [0.1, 0.15) is 33.6 Å². The summed E-state index contributed by atoms with van der Waals surface area (Å²) in [5, 5.41) is 0. The second kappa shape index (κ2) is 5.48. The molecule has 2 unspecified atom stereocenters. The van der Waals surface area contributed by atoms with Gasteiger partial charge in [-0.05, 0) is 13.3 Å². The molecule has 0 amide bonds. The third kappa shape index (κ3) is 4.07. The van der Waals surface area contributed by atoms with Crippen LogP contribution >= 0.6 is 0 Å². The van der Waals surface area contributed by atoms with Crippen LogP contribution in [0, 0.1) is 5.41 Å². The van der Waals surface area contributed by atoms with Crippen molar-refractivity contribution in [3.63, 3.8) is 0 Å². The van der Waals surface area contributed by atoms with E-state index in [1.165, 1.54) is 0 Å². The van der Waals surface area contributed by atoms with Crippen molar-refractivity contribution in [2.75, 3.05) is 24.6 Å². The molecule has 100 valence electrons. The molecule has 0 aliphatic carbocycles. The first-order valence-corrected chi connectivity index (χ1v) is 8.05. The number of carbonyl (C=O) groups excluding carboxylic acids is 1. The van der Waals surface area contributed by atoms with Crippen LogP contribution in [0.2, 0.25) is 0 Å². The quantitative estimate of drug-likeness (QED) is 0.696. The van der Waals surface area contributed by atoms with Gasteiger partial charge in [-0.2, -0.15) is 0 Å². The molecule has 0 aromatic heterocycles. The summed E-state index contributed by atoms with van der Waals surface area (Å²) in [6.07, 6.45) is 2.84. The standard InChI is InChI=1S/C12H23NO3S/c1-4-5-12(3,10-14)9-13-6-7-17(15,16)8-11(13)2/h10-11H,4-9H2,1-3H3. The zero-order valence-corrected chi connectivity index (χ0v) is 11.8. The van der Waals surface area contributed by atoms with Crippen LogP contribution in [0.4, 0.5) is 0 Å². The highest BCUT2D eigenvalue weighted by Crippen LogP contribution is 2.24. The first kappa shape index (κ1) is 14.6. The van der Waals surface area contributed by atoms with E-state index in [0.717, 1.165) is 19.1 Å². The molecule has 2 atom stereocenters. The molecule has 0 saturated carbocycles. The Bertz CT molecular complexity index is 366. The van der Waals surface area contributed by atoms with Gasteiger partial charge < -0.3 is 4.79 Å². The molecule has 0 bridgehead atoms. The van der Waals surface area contributed by atoms with Crippen molar-refractivity contribution >= 4 is 16.1 Å². The highest BCUT2D eigenvalue weighted by atomic mass is 32.2. The van der Waals surface area contributed by atoms with E-state index in [2.05, 4.69) is 11.8 Å². The lowest BCUT2D eigenvalue weighted by Crippen LogP contribution is -2.50. The lowest BCUT2D eigenvalue weighted by Gasteiger charge is -2.38. The molecule has 1 aliphatic rings. The Hall–Kier alpha value is -0.420. The summed E-state index contributed by atoms with van der Waals surface area (Å²) < 4.78 is 22.9. The maximum atomic E-state index is 11.5. The zero-order valence-electron chi connectivity index (χ0n) is 11.0. The van der Waals surface area contributed by atoms with Gasteiger partial charge in [-0.3, -0.25) is 4.90 Å². The molecule has 1 heterocycles. The Labute approximate surface area is 104 Å². The molecular formula is C12H23NO3S. The molecule has 0 radical (unpaired) electrons. The smallest absolute Gasteiger partial charge is 0.153 e. The second-order valence-electron chi connectivity index (χ2n) is 5.46. The van der Waals surface area contributed by atoms with Crippen LogP contribution in [0.15, 0.2) is 0 Å². The first-order valence-electron chi connectivity index (χ1n) is 6.23. The minimum atomic E-state index is -2.87. The molecule has 0 aromatic rings. The Morgan fingerprint density at radius 2 is 2.12 bits per heavy atom. The topological polar surface area (TPSA) is 54.5 Å². The van der Waals surface area contributed by atoms with Gasteiger partial charge in [0, 0.05) is 24.5 Å². The maximum absolute atomic E-state index is 11.5. The average molecular weight is 261 g/mol. The van der Waals surface area contributed by atoms with Crippen molar-refractivity contribution in [3.8, 4) is 0 Å². The minimum Gasteiger partial charge on any atom is -0.303 e. The molecule has 1 rings (SSSR count). The largest absolute Gasteiger partial charge is 0.303 e. The summed E-state index contributed by atoms with van der Waals surface area (Å²) in [5.41, 5.74) is -0.343. The average Bonchev–Trinajstić information content (AvgIpc) is 2.22. The third-order valence-electron chi connectivity index (χ3n) is 3.48. The van der Waals surface area contributed by atoms with Crippen LogP contribution in [0.25, 0.3) is 0 Å². The van der Waals surface area contributed by atoms with E-state index in [0.29, 0.717) is 13.1 Å². The molecule has 1 aliphatic heterocycles. The normalized spacial score (nSPS) is 28.5. The molecule has 1 saturated heterocycles. The summed E-state index contributed by atoms with van der Waals surface area (Å²) in [5.74, 6) is 0.437. The summed E-state index contributed by atoms with van der Waals surface area (Å²) in [7, 11) is -2.87. The highest BCUT2D eigenvalue weighted by Gasteiger charge is 2.33. The fourth-order valence-electron chi connectivity index (χ4n) is 2.48. The van der Waals surface area contributed by atoms with Gasteiger partial charge in [0.15, 0.2) is 9.84 Å². The number of aldehydes is 1. The van der Waals surface area contributed by atoms with Gasteiger partial charge in [-0.25, -0.2) is 8.42 Å². The predicted octanol–water partition coefficient (Wildman–Crippen LogP) is 1.11. The van der Waals surface area contributed by atoms with Gasteiger partial charge in [-0.1, -0.05) is 20.3 Å². The Kier molecular flexibility index (Phi) is 4.72. The predicted molar refractivity (Wildman–Crippen MR) is 68.8 cm³/mol. The lowest BCUT2D eigenvalue weighted by atomic mass is 9.86. The Morgan fingerprint density at radius 3 is 2.59 bits per heavy atom. The van der Waals surface area contributed by atoms with E-state index < -0.39 is 9.84 Å². The van der Waals surface area contributed by atoms with Crippen LogP contribution < -0.4 is 0 Å². The Morgan fingerprint density at radius 1 is 1.47 bits per heavy atom. The fourth-order valence-corrected chi connectivity index (χ4v) is 4.10. The molecule has 17 heavy (non-hydrogen) atoms. The number of nitrogens with zero attached hydrogens (tertiary/aromatic N) is 1. The van der Waals surface area contributed by atoms with E-state index in [1.54, 1.807) is 0 Å². The minimum absolute atomic E-state index is 0.0184. The van der Waals surface area contributed by atoms with Gasteiger partial charge >= 0.3 is 0 Å². The summed E-state index contributed by atoms with van der Waals surface area (Å²) in [6.45, 7) is 7.16. The van der Waals surface area contributed by atoms with E-state index >= 15 is 0 Å². The number of carbonyl (C=O) groups is 1. The molecule has 4 nitrogen and oxygen atoms in total. The number of hydrogen-bond donors (Lipinski definition) is 0. The molecule has 0 aromatic carbocycles. The zero-order chi connectivity index (χ0) is 13.1. The van der Waals surface area contributed by atoms with Crippen LogP contribution in [0.3, 0.4) is 0 Å². The van der Waals surface area contributed by atoms with Crippen LogP contribution in [0.5, 0.6) is 0 Å². The summed E-state index contributed by atoms with van der Waals surface area (Å²) in [6, 6.07) is 0.0184. The highest BCUT2D eigenvalue weighted by molar-refractivity contribution is 7.91. The van der Waals surface area contributed by atoms with Crippen molar-refractivity contribution in [3.05, 3.63) is 0 Å². The molecule has 0 N–H and O–H groups in total. The van der Waals surface area contributed by atoms with E-state index in [1.807, 2.05) is 13.8 Å². The van der Waals surface area contributed by atoms with Crippen molar-refractivity contribution in [2.45, 2.75) is 39.7 Å². The number of sulfone groups is 1. The van der Waals surface area contributed by atoms with E-state index in [9.17, 15) is 13.2 Å². The van der Waals surface area contributed by atoms with Crippen molar-refractivity contribution < 1.29 is 13.2 Å². The first-order chi connectivity index (χ1) is 7.82. The number of rotatable bonds is 5. The monoisotopic (exact) mass is 261 g/mol. The van der Waals surface area contributed by atoms with Crippen molar-refractivity contribution in [1.29, 1.82) is 0 Å². The van der Waals surface area contributed by atoms with Gasteiger partial charge in [0.2, 0.25) is 0 Å². The maximum Gasteiger partial charge on any atom is 0.153 e. The van der Waals surface area contributed by atoms with Gasteiger partial charge in [0.25, 0.3) is 0 Å². The van der Waals surface area contributed by atoms with Crippen molar-refractivity contribution in [1.82, 2.24) is 4.90 Å². The summed E-state index contributed by atoms with van der Waals surface area (Å²) >= 11 is 0. The van der Waals surface area contributed by atoms with E-state index in [4.69, 9.17) is 0 Å². The SMILES string of the molecule is CCCC(C)(C=O)CN1CCS(=O)(=O)CC1C. The van der Waals surface area contributed by atoms with Gasteiger partial charge in [-0.15, -0.1) is 0 Å². The number of hydrogen-bond acceptors (Lipinski definition) is 4. The third-order valence-corrected chi connectivity index (χ3v) is 5.27. The molecule has 5 heteroatoms. The van der Waals surface area contributed by atoms with Gasteiger partial charge in [0.1, 0.15) is 6.29 Å². The molecular weight excluding hydrogens is 238 g/mol.